The van der Waals surface area contributed by atoms with Crippen LogP contribution in [0.4, 0.5) is 0 Å². The highest BCUT2D eigenvalue weighted by Gasteiger charge is 2.32. The Morgan fingerprint density at radius 3 is 2.42 bits per heavy atom. The number of Topliss-reactive ketones (excluding diaryl/α,β-unsaturated/α-hetero) is 1. The monoisotopic (exact) mass is 288 g/mol. The minimum atomic E-state index is -0.248. The maximum atomic E-state index is 12.2. The first-order valence-electron chi connectivity index (χ1n) is 5.27. The highest BCUT2D eigenvalue weighted by atomic mass is 35.5. The number of benzene rings is 1. The predicted octanol–water partition coefficient (Wildman–Crippen LogP) is 4.29. The summed E-state index contributed by atoms with van der Waals surface area (Å²) in [6.07, 6.45) is 1.59. The van der Waals surface area contributed by atoms with Crippen molar-refractivity contribution in [3.63, 3.8) is 0 Å². The lowest BCUT2D eigenvalue weighted by Crippen LogP contribution is -1.95. The van der Waals surface area contributed by atoms with Gasteiger partial charge in [-0.15, -0.1) is 0 Å². The molecular formula is C14H6Cl2N2O. The van der Waals surface area contributed by atoms with Gasteiger partial charge in [0.1, 0.15) is 0 Å². The van der Waals surface area contributed by atoms with Crippen molar-refractivity contribution in [1.29, 1.82) is 5.26 Å². The third-order valence-electron chi connectivity index (χ3n) is 2.83. The van der Waals surface area contributed by atoms with E-state index in [2.05, 4.69) is 4.85 Å². The highest BCUT2D eigenvalue weighted by molar-refractivity contribution is 6.43. The molecule has 92 valence electrons. The second-order valence-corrected chi connectivity index (χ2v) is 4.60. The first-order chi connectivity index (χ1) is 9.04. The van der Waals surface area contributed by atoms with E-state index in [1.807, 2.05) is 6.07 Å². The number of nitriles is 1. The largest absolute Gasteiger partial charge is 0.289 e. The summed E-state index contributed by atoms with van der Waals surface area (Å²) in [4.78, 5) is 15.4. The molecule has 0 bridgehead atoms. The van der Waals surface area contributed by atoms with Crippen molar-refractivity contribution in [2.75, 3.05) is 0 Å². The average Bonchev–Trinajstić information content (AvgIpc) is 2.65. The van der Waals surface area contributed by atoms with Crippen LogP contribution in [0.2, 0.25) is 10.0 Å². The third kappa shape index (κ3) is 1.94. The van der Waals surface area contributed by atoms with E-state index in [0.717, 1.165) is 0 Å². The number of allylic oxidation sites excluding steroid dienone is 4. The molecule has 0 aliphatic heterocycles. The van der Waals surface area contributed by atoms with Crippen LogP contribution in [0.5, 0.6) is 0 Å². The zero-order valence-electron chi connectivity index (χ0n) is 9.79. The van der Waals surface area contributed by atoms with E-state index >= 15 is 0 Å². The maximum absolute atomic E-state index is 12.2. The molecule has 0 spiro atoms. The summed E-state index contributed by atoms with van der Waals surface area (Å²) >= 11 is 11.8. The Morgan fingerprint density at radius 1 is 1.37 bits per heavy atom. The van der Waals surface area contributed by atoms with Crippen LogP contribution in [0.15, 0.2) is 29.5 Å². The molecular weight excluding hydrogens is 283 g/mol. The van der Waals surface area contributed by atoms with Gasteiger partial charge in [-0.2, -0.15) is 0 Å². The van der Waals surface area contributed by atoms with Gasteiger partial charge in [0.2, 0.25) is 0 Å². The average molecular weight is 289 g/mol. The van der Waals surface area contributed by atoms with Gasteiger partial charge in [-0.3, -0.25) is 4.79 Å². The predicted molar refractivity (Wildman–Crippen MR) is 73.7 cm³/mol. The van der Waals surface area contributed by atoms with E-state index in [-0.39, 0.29) is 21.5 Å². The SMILES string of the molecule is [C-]#[N+]/C(C#N)=C1\C(=C\C)C(=O)c2cc(Cl)c(Cl)cc21. The number of nitrogens with zero attached hydrogens (tertiary/aromatic N) is 2. The Labute approximate surface area is 120 Å². The number of hydrogen-bond acceptors (Lipinski definition) is 2. The molecule has 0 fully saturated rings. The molecule has 0 amide bonds. The molecule has 19 heavy (non-hydrogen) atoms. The van der Waals surface area contributed by atoms with Crippen molar-refractivity contribution in [2.45, 2.75) is 6.92 Å². The lowest BCUT2D eigenvalue weighted by molar-refractivity contribution is 0.104. The lowest BCUT2D eigenvalue weighted by atomic mass is 10.0. The molecule has 1 aliphatic carbocycles. The molecule has 0 aromatic heterocycles. The van der Waals surface area contributed by atoms with Gasteiger partial charge in [-0.25, -0.2) is 10.1 Å². The summed E-state index contributed by atoms with van der Waals surface area (Å²) in [6.45, 7) is 8.72. The van der Waals surface area contributed by atoms with Crippen LogP contribution in [0, 0.1) is 17.9 Å². The van der Waals surface area contributed by atoms with Gasteiger partial charge in [0.05, 0.1) is 22.7 Å². The summed E-state index contributed by atoms with van der Waals surface area (Å²) < 4.78 is 0. The summed E-state index contributed by atoms with van der Waals surface area (Å²) in [6, 6.07) is 4.80. The molecule has 1 aliphatic rings. The maximum Gasteiger partial charge on any atom is 0.270 e. The van der Waals surface area contributed by atoms with Crippen LogP contribution >= 0.6 is 23.2 Å². The second-order valence-electron chi connectivity index (χ2n) is 3.79. The highest BCUT2D eigenvalue weighted by Crippen LogP contribution is 2.42. The van der Waals surface area contributed by atoms with Gasteiger partial charge in [0.25, 0.3) is 5.70 Å². The van der Waals surface area contributed by atoms with Crippen LogP contribution in [-0.4, -0.2) is 5.78 Å². The van der Waals surface area contributed by atoms with E-state index < -0.39 is 0 Å². The molecule has 0 unspecified atom stereocenters. The Kier molecular flexibility index (Phi) is 3.44. The minimum absolute atomic E-state index is 0.126. The second kappa shape index (κ2) is 4.90. The van der Waals surface area contributed by atoms with Gasteiger partial charge in [0.15, 0.2) is 5.78 Å². The number of rotatable bonds is 0. The van der Waals surface area contributed by atoms with Crippen LogP contribution in [0.1, 0.15) is 22.8 Å². The Morgan fingerprint density at radius 2 is 1.95 bits per heavy atom. The normalized spacial score (nSPS) is 17.9. The molecule has 0 saturated carbocycles. The number of halogens is 2. The lowest BCUT2D eigenvalue weighted by Gasteiger charge is -2.03. The zero-order valence-corrected chi connectivity index (χ0v) is 11.3. The topological polar surface area (TPSA) is 45.2 Å². The fourth-order valence-corrected chi connectivity index (χ4v) is 2.34. The van der Waals surface area contributed by atoms with Gasteiger partial charge in [0, 0.05) is 16.7 Å². The van der Waals surface area contributed by atoms with E-state index in [9.17, 15) is 4.79 Å². The molecule has 0 N–H and O–H groups in total. The summed E-state index contributed by atoms with van der Waals surface area (Å²) in [7, 11) is 0. The quantitative estimate of drug-likeness (QED) is 0.406. The molecule has 2 rings (SSSR count). The van der Waals surface area contributed by atoms with Crippen molar-refractivity contribution >= 4 is 34.6 Å². The smallest absolute Gasteiger partial charge is 0.270 e. The fraction of sp³-hybridized carbons (Fsp3) is 0.0714. The Balaban J connectivity index is 2.91. The standard InChI is InChI=1S/C14H6Cl2N2O/c1-3-7-13(12(6-17)18-2)8-4-10(15)11(16)5-9(8)14(7)19/h3-5H,1H3/b7-3-,13-12+. The van der Waals surface area contributed by atoms with E-state index in [4.69, 9.17) is 35.0 Å². The molecule has 5 heteroatoms. The van der Waals surface area contributed by atoms with E-state index in [1.54, 1.807) is 13.0 Å². The zero-order chi connectivity index (χ0) is 14.2. The van der Waals surface area contributed by atoms with E-state index in [0.29, 0.717) is 22.3 Å². The van der Waals surface area contributed by atoms with Crippen LogP contribution < -0.4 is 0 Å². The molecule has 0 saturated heterocycles. The summed E-state index contributed by atoms with van der Waals surface area (Å²) in [5.74, 6) is -0.248. The van der Waals surface area contributed by atoms with Crippen molar-refractivity contribution < 1.29 is 4.79 Å². The number of ketones is 1. The molecule has 0 heterocycles. The Bertz CT molecular complexity index is 730. The van der Waals surface area contributed by atoms with Crippen molar-refractivity contribution in [1.82, 2.24) is 0 Å². The van der Waals surface area contributed by atoms with E-state index in [1.165, 1.54) is 12.1 Å². The van der Waals surface area contributed by atoms with Gasteiger partial charge >= 0.3 is 0 Å². The fourth-order valence-electron chi connectivity index (χ4n) is 2.01. The van der Waals surface area contributed by atoms with Crippen LogP contribution in [0.25, 0.3) is 10.4 Å². The minimum Gasteiger partial charge on any atom is -0.289 e. The van der Waals surface area contributed by atoms with Crippen LogP contribution in [-0.2, 0) is 0 Å². The number of fused-ring (bicyclic) bond motifs is 1. The van der Waals surface area contributed by atoms with Gasteiger partial charge in [-0.05, 0) is 24.6 Å². The molecule has 1 aromatic rings. The van der Waals surface area contributed by atoms with Crippen molar-refractivity contribution in [2.24, 2.45) is 0 Å². The van der Waals surface area contributed by atoms with Crippen molar-refractivity contribution in [3.8, 4) is 6.07 Å². The number of hydrogen-bond donors (Lipinski definition) is 0. The van der Waals surface area contributed by atoms with Gasteiger partial charge < -0.3 is 0 Å². The van der Waals surface area contributed by atoms with Crippen LogP contribution in [0.3, 0.4) is 0 Å². The molecule has 0 radical (unpaired) electrons. The summed E-state index contributed by atoms with van der Waals surface area (Å²) in [5.41, 5.74) is 1.40. The number of carbonyl (C=O) groups excluding carboxylic acids is 1. The number of carbonyl (C=O) groups is 1. The Hall–Kier alpha value is -2.07. The molecule has 0 atom stereocenters. The third-order valence-corrected chi connectivity index (χ3v) is 3.55. The van der Waals surface area contributed by atoms with Gasteiger partial charge in [-0.1, -0.05) is 29.3 Å². The first-order valence-corrected chi connectivity index (χ1v) is 6.03. The molecule has 1 aromatic carbocycles. The molecule has 3 nitrogen and oxygen atoms in total. The summed E-state index contributed by atoms with van der Waals surface area (Å²) in [5, 5.41) is 9.57. The van der Waals surface area contributed by atoms with Crippen molar-refractivity contribution in [3.05, 3.63) is 62.1 Å². The first kappa shape index (κ1) is 13.4.